The van der Waals surface area contributed by atoms with E-state index in [1.807, 2.05) is 25.1 Å². The van der Waals surface area contributed by atoms with Crippen LogP contribution in [0.1, 0.15) is 11.1 Å². The van der Waals surface area contributed by atoms with E-state index in [9.17, 15) is 8.78 Å². The summed E-state index contributed by atoms with van der Waals surface area (Å²) in [5, 5.41) is 0. The topological polar surface area (TPSA) is 26.0 Å². The number of hydrogen-bond donors (Lipinski definition) is 1. The number of aryl methyl sites for hydroxylation is 1. The van der Waals surface area contributed by atoms with Gasteiger partial charge in [-0.3, -0.25) is 0 Å². The molecular weight excluding hydrogens is 252 g/mol. The third kappa shape index (κ3) is 2.82. The summed E-state index contributed by atoms with van der Waals surface area (Å²) >= 11 is 1.45. The molecule has 0 aliphatic rings. The van der Waals surface area contributed by atoms with Gasteiger partial charge in [0.2, 0.25) is 0 Å². The SMILES string of the molecule is Cc1ccc(N)cc1SCc1cccc(F)c1F. The van der Waals surface area contributed by atoms with Gasteiger partial charge >= 0.3 is 0 Å². The standard InChI is InChI=1S/C14H13F2NS/c1-9-5-6-11(17)7-13(9)18-8-10-3-2-4-12(15)14(10)16/h2-7H,8,17H2,1H3. The molecule has 0 fully saturated rings. The van der Waals surface area contributed by atoms with Crippen molar-refractivity contribution in [3.63, 3.8) is 0 Å². The van der Waals surface area contributed by atoms with Gasteiger partial charge < -0.3 is 5.73 Å². The molecular formula is C14H13F2NS. The van der Waals surface area contributed by atoms with E-state index >= 15 is 0 Å². The van der Waals surface area contributed by atoms with Crippen LogP contribution in [0.25, 0.3) is 0 Å². The van der Waals surface area contributed by atoms with Gasteiger partial charge in [-0.05, 0) is 30.7 Å². The van der Waals surface area contributed by atoms with Crippen molar-refractivity contribution in [2.75, 3.05) is 5.73 Å². The highest BCUT2D eigenvalue weighted by Gasteiger charge is 2.08. The normalized spacial score (nSPS) is 10.6. The molecule has 2 aromatic rings. The van der Waals surface area contributed by atoms with Gasteiger partial charge in [-0.2, -0.15) is 0 Å². The van der Waals surface area contributed by atoms with Gasteiger partial charge in [-0.25, -0.2) is 8.78 Å². The van der Waals surface area contributed by atoms with Crippen molar-refractivity contribution < 1.29 is 8.78 Å². The fraction of sp³-hybridized carbons (Fsp3) is 0.143. The average molecular weight is 265 g/mol. The minimum absolute atomic E-state index is 0.363. The summed E-state index contributed by atoms with van der Waals surface area (Å²) in [6, 6.07) is 9.81. The quantitative estimate of drug-likeness (QED) is 0.666. The lowest BCUT2D eigenvalue weighted by Gasteiger charge is -2.07. The Morgan fingerprint density at radius 1 is 1.17 bits per heavy atom. The van der Waals surface area contributed by atoms with Crippen LogP contribution in [0, 0.1) is 18.6 Å². The molecule has 0 atom stereocenters. The van der Waals surface area contributed by atoms with E-state index in [1.54, 1.807) is 6.07 Å². The first-order valence-electron chi connectivity index (χ1n) is 5.50. The van der Waals surface area contributed by atoms with E-state index < -0.39 is 11.6 Å². The van der Waals surface area contributed by atoms with Gasteiger partial charge in [0.25, 0.3) is 0 Å². The maximum Gasteiger partial charge on any atom is 0.162 e. The lowest BCUT2D eigenvalue weighted by molar-refractivity contribution is 0.502. The van der Waals surface area contributed by atoms with E-state index in [-0.39, 0.29) is 0 Å². The summed E-state index contributed by atoms with van der Waals surface area (Å²) in [5.41, 5.74) is 7.81. The molecule has 0 bridgehead atoms. The Labute approximate surface area is 109 Å². The summed E-state index contributed by atoms with van der Waals surface area (Å²) in [6.45, 7) is 1.96. The molecule has 0 spiro atoms. The van der Waals surface area contributed by atoms with Crippen LogP contribution in [0.15, 0.2) is 41.3 Å². The number of anilines is 1. The molecule has 2 rings (SSSR count). The van der Waals surface area contributed by atoms with Crippen molar-refractivity contribution in [3.05, 3.63) is 59.2 Å². The molecule has 94 valence electrons. The third-order valence-electron chi connectivity index (χ3n) is 2.63. The molecule has 2 aromatic carbocycles. The number of benzene rings is 2. The Bertz CT molecular complexity index is 568. The fourth-order valence-electron chi connectivity index (χ4n) is 1.59. The lowest BCUT2D eigenvalue weighted by atomic mass is 10.2. The number of nitrogens with two attached hydrogens (primary N) is 1. The predicted octanol–water partition coefficient (Wildman–Crippen LogP) is 4.15. The van der Waals surface area contributed by atoms with Crippen LogP contribution in [0.5, 0.6) is 0 Å². The second-order valence-electron chi connectivity index (χ2n) is 4.03. The molecule has 0 aliphatic carbocycles. The van der Waals surface area contributed by atoms with Crippen LogP contribution >= 0.6 is 11.8 Å². The predicted molar refractivity (Wildman–Crippen MR) is 71.5 cm³/mol. The van der Waals surface area contributed by atoms with Crippen molar-refractivity contribution >= 4 is 17.4 Å². The molecule has 0 aromatic heterocycles. The Balaban J connectivity index is 2.16. The summed E-state index contributed by atoms with van der Waals surface area (Å²) in [4.78, 5) is 0.985. The molecule has 18 heavy (non-hydrogen) atoms. The Kier molecular flexibility index (Phi) is 3.87. The maximum atomic E-state index is 13.5. The van der Waals surface area contributed by atoms with E-state index in [0.717, 1.165) is 16.5 Å². The molecule has 0 saturated heterocycles. The summed E-state index contributed by atoms with van der Waals surface area (Å²) < 4.78 is 26.5. The Hall–Kier alpha value is -1.55. The zero-order chi connectivity index (χ0) is 13.1. The highest BCUT2D eigenvalue weighted by Crippen LogP contribution is 2.28. The molecule has 0 aliphatic heterocycles. The van der Waals surface area contributed by atoms with Crippen molar-refractivity contribution in [1.29, 1.82) is 0 Å². The first kappa shape index (κ1) is 12.9. The number of hydrogen-bond acceptors (Lipinski definition) is 2. The summed E-state index contributed by atoms with van der Waals surface area (Å²) in [7, 11) is 0. The van der Waals surface area contributed by atoms with Crippen LogP contribution in [0.3, 0.4) is 0 Å². The van der Waals surface area contributed by atoms with Gasteiger partial charge in [0, 0.05) is 21.9 Å². The largest absolute Gasteiger partial charge is 0.399 e. The monoisotopic (exact) mass is 265 g/mol. The van der Waals surface area contributed by atoms with Crippen LogP contribution < -0.4 is 5.73 Å². The van der Waals surface area contributed by atoms with Gasteiger partial charge in [0.1, 0.15) is 0 Å². The zero-order valence-electron chi connectivity index (χ0n) is 9.91. The average Bonchev–Trinajstić information content (AvgIpc) is 2.35. The maximum absolute atomic E-state index is 13.5. The van der Waals surface area contributed by atoms with E-state index in [0.29, 0.717) is 17.0 Å². The van der Waals surface area contributed by atoms with Crippen molar-refractivity contribution in [2.45, 2.75) is 17.6 Å². The summed E-state index contributed by atoms with van der Waals surface area (Å²) in [6.07, 6.45) is 0. The molecule has 0 amide bonds. The second-order valence-corrected chi connectivity index (χ2v) is 5.04. The van der Waals surface area contributed by atoms with Gasteiger partial charge in [0.05, 0.1) is 0 Å². The van der Waals surface area contributed by atoms with Crippen molar-refractivity contribution in [2.24, 2.45) is 0 Å². The minimum Gasteiger partial charge on any atom is -0.399 e. The van der Waals surface area contributed by atoms with Crippen LogP contribution in [0.4, 0.5) is 14.5 Å². The first-order chi connectivity index (χ1) is 8.58. The van der Waals surface area contributed by atoms with Crippen LogP contribution in [0.2, 0.25) is 0 Å². The first-order valence-corrected chi connectivity index (χ1v) is 6.48. The molecule has 2 N–H and O–H groups in total. The highest BCUT2D eigenvalue weighted by molar-refractivity contribution is 7.98. The minimum atomic E-state index is -0.808. The number of thioether (sulfide) groups is 1. The molecule has 0 saturated carbocycles. The summed E-state index contributed by atoms with van der Waals surface area (Å²) in [5.74, 6) is -1.20. The van der Waals surface area contributed by atoms with Crippen LogP contribution in [-0.2, 0) is 5.75 Å². The van der Waals surface area contributed by atoms with E-state index in [4.69, 9.17) is 5.73 Å². The fourth-order valence-corrected chi connectivity index (χ4v) is 2.64. The number of halogens is 2. The van der Waals surface area contributed by atoms with Gasteiger partial charge in [-0.1, -0.05) is 18.2 Å². The molecule has 0 unspecified atom stereocenters. The Morgan fingerprint density at radius 2 is 1.94 bits per heavy atom. The second kappa shape index (κ2) is 5.40. The number of nitrogen functional groups attached to an aromatic ring is 1. The molecule has 0 radical (unpaired) electrons. The van der Waals surface area contributed by atoms with E-state index in [2.05, 4.69) is 0 Å². The van der Waals surface area contributed by atoms with Crippen molar-refractivity contribution in [3.8, 4) is 0 Å². The van der Waals surface area contributed by atoms with E-state index in [1.165, 1.54) is 17.8 Å². The van der Waals surface area contributed by atoms with Crippen LogP contribution in [-0.4, -0.2) is 0 Å². The molecule has 0 heterocycles. The highest BCUT2D eigenvalue weighted by atomic mass is 32.2. The third-order valence-corrected chi connectivity index (χ3v) is 3.83. The smallest absolute Gasteiger partial charge is 0.162 e. The van der Waals surface area contributed by atoms with Gasteiger partial charge in [-0.15, -0.1) is 11.8 Å². The molecule has 4 heteroatoms. The zero-order valence-corrected chi connectivity index (χ0v) is 10.7. The number of rotatable bonds is 3. The Morgan fingerprint density at radius 3 is 2.72 bits per heavy atom. The van der Waals surface area contributed by atoms with Gasteiger partial charge in [0.15, 0.2) is 11.6 Å². The van der Waals surface area contributed by atoms with Crippen molar-refractivity contribution in [1.82, 2.24) is 0 Å². The lowest BCUT2D eigenvalue weighted by Crippen LogP contribution is -1.93. The molecule has 1 nitrogen and oxygen atoms in total.